The third kappa shape index (κ3) is 4.29. The monoisotopic (exact) mass is 464 g/mol. The summed E-state index contributed by atoms with van der Waals surface area (Å²) in [7, 11) is 3.17. The number of halogens is 1. The van der Waals surface area contributed by atoms with Gasteiger partial charge >= 0.3 is 0 Å². The Hall–Kier alpha value is -3.98. The minimum absolute atomic E-state index is 0.110. The normalized spacial score (nSPS) is 12.1. The zero-order valence-corrected chi connectivity index (χ0v) is 19.5. The topological polar surface area (TPSA) is 98.4 Å². The first-order valence-electron chi connectivity index (χ1n) is 10.7. The number of hydrogen-bond donors (Lipinski definition) is 2. The second-order valence-electron chi connectivity index (χ2n) is 8.21. The molecule has 0 aliphatic heterocycles. The number of amides is 1. The van der Waals surface area contributed by atoms with Crippen molar-refractivity contribution in [2.24, 2.45) is 7.05 Å². The molecular weight excluding hydrogens is 439 g/mol. The van der Waals surface area contributed by atoms with Gasteiger partial charge in [-0.1, -0.05) is 6.07 Å². The second kappa shape index (κ2) is 9.11. The van der Waals surface area contributed by atoms with Gasteiger partial charge < -0.3 is 14.3 Å². The Labute approximate surface area is 195 Å². The van der Waals surface area contributed by atoms with E-state index in [0.717, 1.165) is 17.2 Å². The van der Waals surface area contributed by atoms with Crippen molar-refractivity contribution in [2.45, 2.75) is 26.8 Å². The van der Waals surface area contributed by atoms with Crippen molar-refractivity contribution in [2.75, 3.05) is 12.4 Å². The molecule has 4 rings (SSSR count). The number of hydroxylamine groups is 1. The summed E-state index contributed by atoms with van der Waals surface area (Å²) in [4.78, 5) is 33.9. The van der Waals surface area contributed by atoms with Gasteiger partial charge in [-0.3, -0.25) is 14.4 Å². The average molecular weight is 464 g/mol. The lowest BCUT2D eigenvalue weighted by Gasteiger charge is -2.20. The molecule has 9 heteroatoms. The number of fused-ring (bicyclic) bond motifs is 1. The maximum atomic E-state index is 13.7. The van der Waals surface area contributed by atoms with E-state index in [2.05, 4.69) is 20.6 Å². The third-order valence-corrected chi connectivity index (χ3v) is 5.60. The lowest BCUT2D eigenvalue weighted by Crippen LogP contribution is -2.25. The Kier molecular flexibility index (Phi) is 6.21. The summed E-state index contributed by atoms with van der Waals surface area (Å²) in [6, 6.07) is 7.77. The molecule has 3 aromatic heterocycles. The van der Waals surface area contributed by atoms with E-state index in [9.17, 15) is 14.0 Å². The number of rotatable bonds is 6. The summed E-state index contributed by atoms with van der Waals surface area (Å²) < 4.78 is 22.0. The van der Waals surface area contributed by atoms with Gasteiger partial charge in [-0.15, -0.1) is 0 Å². The fourth-order valence-electron chi connectivity index (χ4n) is 3.98. The number of nitrogens with zero attached hydrogens (tertiary/aromatic N) is 2. The molecule has 1 amide bonds. The maximum Gasteiger partial charge on any atom is 0.295 e. The van der Waals surface area contributed by atoms with Gasteiger partial charge in [0.2, 0.25) is 5.95 Å². The van der Waals surface area contributed by atoms with Gasteiger partial charge in [0.1, 0.15) is 11.3 Å². The van der Waals surface area contributed by atoms with Crippen LogP contribution in [-0.4, -0.2) is 22.6 Å². The summed E-state index contributed by atoms with van der Waals surface area (Å²) in [5, 5.41) is 3.67. The predicted molar refractivity (Wildman–Crippen MR) is 127 cm³/mol. The molecule has 34 heavy (non-hydrogen) atoms. The highest BCUT2D eigenvalue weighted by atomic mass is 19.1. The van der Waals surface area contributed by atoms with Crippen molar-refractivity contribution in [1.29, 1.82) is 0 Å². The van der Waals surface area contributed by atoms with Crippen LogP contribution >= 0.6 is 0 Å². The third-order valence-electron chi connectivity index (χ3n) is 5.60. The van der Waals surface area contributed by atoms with Crippen LogP contribution in [-0.2, 0) is 11.9 Å². The van der Waals surface area contributed by atoms with Crippen LogP contribution in [0.25, 0.3) is 22.3 Å². The van der Waals surface area contributed by atoms with Crippen molar-refractivity contribution < 1.29 is 18.4 Å². The first-order valence-corrected chi connectivity index (χ1v) is 10.7. The highest BCUT2D eigenvalue weighted by Gasteiger charge is 2.21. The van der Waals surface area contributed by atoms with E-state index >= 15 is 0 Å². The second-order valence-corrected chi connectivity index (χ2v) is 8.21. The van der Waals surface area contributed by atoms with Crippen LogP contribution in [0, 0.1) is 19.8 Å². The summed E-state index contributed by atoms with van der Waals surface area (Å²) >= 11 is 0. The fraction of sp³-hybridized carbons (Fsp3) is 0.240. The summed E-state index contributed by atoms with van der Waals surface area (Å²) in [5.74, 6) is -0.993. The van der Waals surface area contributed by atoms with E-state index in [-0.39, 0.29) is 11.1 Å². The summed E-state index contributed by atoms with van der Waals surface area (Å²) in [5.41, 5.74) is 5.54. The van der Waals surface area contributed by atoms with Crippen LogP contribution in [0.2, 0.25) is 0 Å². The van der Waals surface area contributed by atoms with E-state index in [1.807, 2.05) is 50.0 Å². The van der Waals surface area contributed by atoms with Gasteiger partial charge in [0.25, 0.3) is 5.91 Å². The molecule has 1 atom stereocenters. The van der Waals surface area contributed by atoms with Crippen LogP contribution < -0.4 is 16.2 Å². The first kappa shape index (κ1) is 23.2. The zero-order chi connectivity index (χ0) is 24.6. The largest absolute Gasteiger partial charge is 0.455 e. The minimum atomic E-state index is -0.797. The van der Waals surface area contributed by atoms with Crippen molar-refractivity contribution in [3.63, 3.8) is 0 Å². The van der Waals surface area contributed by atoms with Crippen molar-refractivity contribution in [3.8, 4) is 11.3 Å². The van der Waals surface area contributed by atoms with Crippen molar-refractivity contribution in [1.82, 2.24) is 15.0 Å². The van der Waals surface area contributed by atoms with Crippen LogP contribution in [0.5, 0.6) is 0 Å². The van der Waals surface area contributed by atoms with Crippen LogP contribution in [0.3, 0.4) is 0 Å². The average Bonchev–Trinajstić information content (AvgIpc) is 3.23. The Bertz CT molecular complexity index is 1460. The van der Waals surface area contributed by atoms with Crippen LogP contribution in [0.4, 0.5) is 10.1 Å². The molecule has 0 fully saturated rings. The first-order chi connectivity index (χ1) is 16.2. The zero-order valence-electron chi connectivity index (χ0n) is 19.5. The predicted octanol–water partition coefficient (Wildman–Crippen LogP) is 4.41. The number of aromatic nitrogens is 2. The van der Waals surface area contributed by atoms with Gasteiger partial charge in [0.05, 0.1) is 24.2 Å². The summed E-state index contributed by atoms with van der Waals surface area (Å²) in [6.45, 7) is 5.51. The number of pyridine rings is 1. The van der Waals surface area contributed by atoms with Crippen LogP contribution in [0.1, 0.15) is 40.1 Å². The van der Waals surface area contributed by atoms with Crippen molar-refractivity contribution >= 4 is 22.6 Å². The van der Waals surface area contributed by atoms with Gasteiger partial charge in [-0.25, -0.2) is 10.5 Å². The Morgan fingerprint density at radius 1 is 1.24 bits per heavy atom. The molecule has 0 aliphatic rings. The highest BCUT2D eigenvalue weighted by molar-refractivity contribution is 5.97. The molecule has 8 nitrogen and oxygen atoms in total. The molecule has 176 valence electrons. The maximum absolute atomic E-state index is 13.7. The Morgan fingerprint density at radius 3 is 2.68 bits per heavy atom. The minimum Gasteiger partial charge on any atom is -0.455 e. The SMILES string of the molecule is CONC(=O)c1nc(F)ccc1N[C@H](C)c1cc(C)cc2c(=O)c(C)c(-c3ccn(C)c3)oc12. The molecule has 1 aromatic carbocycles. The standard InChI is InChI=1S/C25H25FN4O4/c1-13-10-17(15(3)27-19-6-7-20(26)28-21(19)25(32)29-33-5)24-18(11-13)22(31)14(2)23(34-24)16-8-9-30(4)12-16/h6-12,15,27H,1-5H3,(H,29,32)/t15-/m1/s1. The van der Waals surface area contributed by atoms with Gasteiger partial charge in [-0.05, 0) is 50.6 Å². The molecule has 4 aromatic rings. The van der Waals surface area contributed by atoms with E-state index in [0.29, 0.717) is 33.5 Å². The van der Waals surface area contributed by atoms with Gasteiger partial charge in [0.15, 0.2) is 11.1 Å². The molecule has 0 spiro atoms. The number of benzene rings is 1. The lowest BCUT2D eigenvalue weighted by molar-refractivity contribution is 0.0532. The number of anilines is 1. The Balaban J connectivity index is 1.84. The molecule has 0 saturated carbocycles. The smallest absolute Gasteiger partial charge is 0.295 e. The van der Waals surface area contributed by atoms with Crippen LogP contribution in [0.15, 0.2) is 51.9 Å². The molecule has 0 saturated heterocycles. The molecule has 2 N–H and O–H groups in total. The molecule has 0 aliphatic carbocycles. The molecular formula is C25H25FN4O4. The number of carbonyl (C=O) groups is 1. The fourth-order valence-corrected chi connectivity index (χ4v) is 3.98. The number of aryl methyl sites for hydroxylation is 2. The molecule has 0 unspecified atom stereocenters. The lowest BCUT2D eigenvalue weighted by atomic mass is 9.99. The molecule has 3 heterocycles. The van der Waals surface area contributed by atoms with Crippen molar-refractivity contribution in [3.05, 3.63) is 81.3 Å². The summed E-state index contributed by atoms with van der Waals surface area (Å²) in [6.07, 6.45) is 3.77. The Morgan fingerprint density at radius 2 is 2.00 bits per heavy atom. The van der Waals surface area contributed by atoms with E-state index in [1.165, 1.54) is 13.2 Å². The molecule has 0 bridgehead atoms. The number of hydrogen-bond acceptors (Lipinski definition) is 6. The van der Waals surface area contributed by atoms with E-state index in [1.54, 1.807) is 13.0 Å². The quantitative estimate of drug-likeness (QED) is 0.324. The van der Waals surface area contributed by atoms with E-state index in [4.69, 9.17) is 4.42 Å². The van der Waals surface area contributed by atoms with E-state index < -0.39 is 17.9 Å². The molecule has 0 radical (unpaired) electrons. The van der Waals surface area contributed by atoms with Gasteiger partial charge in [-0.2, -0.15) is 4.39 Å². The highest BCUT2D eigenvalue weighted by Crippen LogP contribution is 2.32. The number of carbonyl (C=O) groups excluding carboxylic acids is 1. The van der Waals surface area contributed by atoms with Gasteiger partial charge in [0, 0.05) is 36.1 Å². The number of nitrogens with one attached hydrogen (secondary N) is 2.